The van der Waals surface area contributed by atoms with Gasteiger partial charge in [0.05, 0.1) is 11.4 Å². The molecule has 9 heteroatoms. The number of halogens is 1. The second-order valence-corrected chi connectivity index (χ2v) is 8.43. The van der Waals surface area contributed by atoms with Crippen LogP contribution in [0.3, 0.4) is 0 Å². The Balaban J connectivity index is 2.15. The van der Waals surface area contributed by atoms with Crippen LogP contribution in [0.1, 0.15) is 45.4 Å². The van der Waals surface area contributed by atoms with Crippen LogP contribution in [0.2, 0.25) is 0 Å². The van der Waals surface area contributed by atoms with Crippen molar-refractivity contribution in [3.8, 4) is 0 Å². The number of carbonyl (C=O) groups excluding carboxylic acids is 1. The summed E-state index contributed by atoms with van der Waals surface area (Å²) in [6.45, 7) is 1.30. The lowest BCUT2D eigenvalue weighted by Crippen LogP contribution is -2.53. The van der Waals surface area contributed by atoms with E-state index in [9.17, 15) is 27.5 Å². The molecule has 1 fully saturated rings. The van der Waals surface area contributed by atoms with Crippen molar-refractivity contribution in [3.63, 3.8) is 0 Å². The van der Waals surface area contributed by atoms with Crippen LogP contribution in [-0.4, -0.2) is 48.9 Å². The predicted molar refractivity (Wildman–Crippen MR) is 97.0 cm³/mol. The summed E-state index contributed by atoms with van der Waals surface area (Å²) < 4.78 is 39.8. The number of hydrogen-bond acceptors (Lipinski definition) is 4. The second kappa shape index (κ2) is 9.27. The molecule has 1 aromatic rings. The highest BCUT2D eigenvalue weighted by atomic mass is 32.2. The van der Waals surface area contributed by atoms with Crippen LogP contribution < -0.4 is 4.72 Å². The van der Waals surface area contributed by atoms with Crippen LogP contribution in [0.4, 0.5) is 4.39 Å². The first kappa shape index (κ1) is 21.3. The average molecular weight is 400 g/mol. The molecule has 0 saturated heterocycles. The van der Waals surface area contributed by atoms with Crippen molar-refractivity contribution in [3.05, 3.63) is 30.1 Å². The molecular formula is C18H25FN2O5S. The summed E-state index contributed by atoms with van der Waals surface area (Å²) in [5.74, 6) is -2.21. The van der Waals surface area contributed by atoms with Crippen LogP contribution in [0.15, 0.2) is 29.2 Å². The zero-order chi connectivity index (χ0) is 20.0. The summed E-state index contributed by atoms with van der Waals surface area (Å²) in [5.41, 5.74) is 0. The Hall–Kier alpha value is -2.00. The molecule has 1 unspecified atom stereocenters. The zero-order valence-electron chi connectivity index (χ0n) is 15.2. The first-order valence-electron chi connectivity index (χ1n) is 9.05. The summed E-state index contributed by atoms with van der Waals surface area (Å²) >= 11 is 0. The number of sulfonamides is 1. The molecule has 0 spiro atoms. The highest BCUT2D eigenvalue weighted by molar-refractivity contribution is 7.89. The fourth-order valence-electron chi connectivity index (χ4n) is 3.41. The van der Waals surface area contributed by atoms with Crippen molar-refractivity contribution >= 4 is 21.9 Å². The van der Waals surface area contributed by atoms with E-state index in [1.807, 2.05) is 6.92 Å². The molecule has 7 nitrogen and oxygen atoms in total. The van der Waals surface area contributed by atoms with E-state index in [0.717, 1.165) is 37.1 Å². The molecule has 0 radical (unpaired) electrons. The van der Waals surface area contributed by atoms with Gasteiger partial charge in [-0.15, -0.1) is 0 Å². The van der Waals surface area contributed by atoms with Crippen LogP contribution in [-0.2, 0) is 19.6 Å². The van der Waals surface area contributed by atoms with Crippen LogP contribution in [0.5, 0.6) is 0 Å². The van der Waals surface area contributed by atoms with Crippen LogP contribution in [0.25, 0.3) is 0 Å². The fraction of sp³-hybridized carbons (Fsp3) is 0.556. The Morgan fingerprint density at radius 1 is 1.26 bits per heavy atom. The van der Waals surface area contributed by atoms with E-state index in [1.54, 1.807) is 0 Å². The highest BCUT2D eigenvalue weighted by Gasteiger charge is 2.36. The number of carbonyl (C=O) groups is 2. The van der Waals surface area contributed by atoms with E-state index < -0.39 is 40.3 Å². The Morgan fingerprint density at radius 3 is 2.37 bits per heavy atom. The minimum atomic E-state index is -4.00. The first-order chi connectivity index (χ1) is 12.8. The summed E-state index contributed by atoms with van der Waals surface area (Å²) in [5, 5.41) is 9.55. The molecule has 0 bridgehead atoms. The minimum Gasteiger partial charge on any atom is -0.480 e. The first-order valence-corrected chi connectivity index (χ1v) is 10.5. The predicted octanol–water partition coefficient (Wildman–Crippen LogP) is 2.13. The van der Waals surface area contributed by atoms with Crippen molar-refractivity contribution in [2.24, 2.45) is 0 Å². The summed E-state index contributed by atoms with van der Waals surface area (Å²) in [4.78, 5) is 25.6. The van der Waals surface area contributed by atoms with E-state index in [4.69, 9.17) is 0 Å². The van der Waals surface area contributed by atoms with Crippen molar-refractivity contribution in [1.82, 2.24) is 9.62 Å². The maximum absolute atomic E-state index is 13.0. The van der Waals surface area contributed by atoms with E-state index in [2.05, 4.69) is 4.72 Å². The Bertz CT molecular complexity index is 760. The van der Waals surface area contributed by atoms with Crippen LogP contribution in [0, 0.1) is 5.82 Å². The van der Waals surface area contributed by atoms with Crippen molar-refractivity contribution in [1.29, 1.82) is 0 Å². The van der Waals surface area contributed by atoms with Crippen molar-refractivity contribution < 1.29 is 27.5 Å². The smallest absolute Gasteiger partial charge is 0.326 e. The number of hydrogen-bond donors (Lipinski definition) is 2. The van der Waals surface area contributed by atoms with Crippen molar-refractivity contribution in [2.45, 2.75) is 62.4 Å². The quantitative estimate of drug-likeness (QED) is 0.661. The van der Waals surface area contributed by atoms with E-state index in [-0.39, 0.29) is 10.9 Å². The monoisotopic (exact) mass is 400 g/mol. The molecule has 0 aliphatic heterocycles. The third-order valence-electron chi connectivity index (χ3n) is 4.73. The molecule has 0 aromatic heterocycles. The number of nitrogens with one attached hydrogen (secondary N) is 1. The SMILES string of the molecule is CCCC(C(=O)O)N(C(=O)CNS(=O)(=O)c1ccc(F)cc1)C1CCCC1. The molecule has 150 valence electrons. The lowest BCUT2D eigenvalue weighted by Gasteiger charge is -2.34. The summed E-state index contributed by atoms with van der Waals surface area (Å²) in [6, 6.07) is 3.08. The second-order valence-electron chi connectivity index (χ2n) is 6.66. The lowest BCUT2D eigenvalue weighted by atomic mass is 10.1. The third-order valence-corrected chi connectivity index (χ3v) is 6.14. The normalized spacial score (nSPS) is 16.2. The van der Waals surface area contributed by atoms with Gasteiger partial charge in [0.2, 0.25) is 15.9 Å². The Labute approximate surface area is 158 Å². The van der Waals surface area contributed by atoms with Gasteiger partial charge in [0.15, 0.2) is 0 Å². The fourth-order valence-corrected chi connectivity index (χ4v) is 4.39. The summed E-state index contributed by atoms with van der Waals surface area (Å²) in [6.07, 6.45) is 4.15. The lowest BCUT2D eigenvalue weighted by molar-refractivity contribution is -0.152. The molecule has 1 aromatic carbocycles. The number of aliphatic carboxylic acids is 1. The topological polar surface area (TPSA) is 104 Å². The molecule has 2 rings (SSSR count). The van der Waals surface area contributed by atoms with Gasteiger partial charge in [0.1, 0.15) is 11.9 Å². The molecule has 1 atom stereocenters. The Morgan fingerprint density at radius 2 is 1.85 bits per heavy atom. The van der Waals surface area contributed by atoms with Gasteiger partial charge in [-0.05, 0) is 43.5 Å². The maximum atomic E-state index is 13.0. The van der Waals surface area contributed by atoms with Gasteiger partial charge >= 0.3 is 5.97 Å². The maximum Gasteiger partial charge on any atom is 0.326 e. The molecular weight excluding hydrogens is 375 g/mol. The van der Waals surface area contributed by atoms with Gasteiger partial charge in [-0.1, -0.05) is 26.2 Å². The van der Waals surface area contributed by atoms with Crippen molar-refractivity contribution in [2.75, 3.05) is 6.54 Å². The number of nitrogens with zero attached hydrogens (tertiary/aromatic N) is 1. The number of carboxylic acids is 1. The van der Waals surface area contributed by atoms with Gasteiger partial charge in [-0.25, -0.2) is 22.3 Å². The average Bonchev–Trinajstić information content (AvgIpc) is 3.14. The van der Waals surface area contributed by atoms with Gasteiger partial charge < -0.3 is 10.0 Å². The van der Waals surface area contributed by atoms with Gasteiger partial charge in [-0.3, -0.25) is 4.79 Å². The molecule has 1 amide bonds. The summed E-state index contributed by atoms with van der Waals surface area (Å²) in [7, 11) is -4.00. The minimum absolute atomic E-state index is 0.160. The van der Waals surface area contributed by atoms with Crippen LogP contribution >= 0.6 is 0 Å². The largest absolute Gasteiger partial charge is 0.480 e. The molecule has 27 heavy (non-hydrogen) atoms. The van der Waals surface area contributed by atoms with E-state index >= 15 is 0 Å². The van der Waals surface area contributed by atoms with Gasteiger partial charge in [0.25, 0.3) is 0 Å². The molecule has 0 heterocycles. The highest BCUT2D eigenvalue weighted by Crippen LogP contribution is 2.27. The number of rotatable bonds is 9. The van der Waals surface area contributed by atoms with Gasteiger partial charge in [0, 0.05) is 6.04 Å². The molecule has 1 saturated carbocycles. The third kappa shape index (κ3) is 5.49. The van der Waals surface area contributed by atoms with E-state index in [0.29, 0.717) is 25.7 Å². The Kier molecular flexibility index (Phi) is 7.32. The van der Waals surface area contributed by atoms with E-state index in [1.165, 1.54) is 4.90 Å². The number of benzene rings is 1. The molecule has 2 N–H and O–H groups in total. The number of amides is 1. The number of carboxylic acid groups (broad SMARTS) is 1. The zero-order valence-corrected chi connectivity index (χ0v) is 16.0. The standard InChI is InChI=1S/C18H25FN2O5S/c1-2-5-16(18(23)24)21(14-6-3-4-7-14)17(22)12-20-27(25,26)15-10-8-13(19)9-11-15/h8-11,14,16,20H,2-7,12H2,1H3,(H,23,24). The molecule has 1 aliphatic rings. The van der Waals surface area contributed by atoms with Gasteiger partial charge in [-0.2, -0.15) is 0 Å². The molecule has 1 aliphatic carbocycles.